The summed E-state index contributed by atoms with van der Waals surface area (Å²) in [6.07, 6.45) is 0.648. The van der Waals surface area contributed by atoms with Crippen molar-refractivity contribution >= 4 is 15.9 Å². The summed E-state index contributed by atoms with van der Waals surface area (Å²) in [5, 5.41) is 0.739. The summed E-state index contributed by atoms with van der Waals surface area (Å²) < 4.78 is 18.5. The minimum absolute atomic E-state index is 0.184. The van der Waals surface area contributed by atoms with Gasteiger partial charge in [-0.1, -0.05) is 15.9 Å². The van der Waals surface area contributed by atoms with E-state index < -0.39 is 0 Å². The van der Waals surface area contributed by atoms with Gasteiger partial charge in [-0.25, -0.2) is 4.39 Å². The van der Waals surface area contributed by atoms with E-state index in [9.17, 15) is 4.39 Å². The zero-order valence-electron chi connectivity index (χ0n) is 7.73. The molecule has 3 heteroatoms. The van der Waals surface area contributed by atoms with Crippen LogP contribution in [0.2, 0.25) is 0 Å². The number of hydrogen-bond acceptors (Lipinski definition) is 1. The van der Waals surface area contributed by atoms with Crippen LogP contribution in [-0.4, -0.2) is 12.4 Å². The highest BCUT2D eigenvalue weighted by molar-refractivity contribution is 9.09. The van der Waals surface area contributed by atoms with Crippen molar-refractivity contribution in [3.63, 3.8) is 0 Å². The molecule has 13 heavy (non-hydrogen) atoms. The zero-order chi connectivity index (χ0) is 9.84. The molecule has 0 amide bonds. The highest BCUT2D eigenvalue weighted by Crippen LogP contribution is 2.24. The van der Waals surface area contributed by atoms with Gasteiger partial charge < -0.3 is 4.74 Å². The smallest absolute Gasteiger partial charge is 0.130 e. The van der Waals surface area contributed by atoms with Crippen molar-refractivity contribution < 1.29 is 9.13 Å². The SMILES string of the molecule is COc1cc(C)cc(F)c1CCBr. The maximum Gasteiger partial charge on any atom is 0.130 e. The van der Waals surface area contributed by atoms with E-state index in [1.54, 1.807) is 7.11 Å². The van der Waals surface area contributed by atoms with Gasteiger partial charge in [-0.2, -0.15) is 0 Å². The Morgan fingerprint density at radius 3 is 2.69 bits per heavy atom. The minimum Gasteiger partial charge on any atom is -0.496 e. The molecule has 0 heterocycles. The molecule has 0 fully saturated rings. The van der Waals surface area contributed by atoms with Gasteiger partial charge in [0.1, 0.15) is 11.6 Å². The summed E-state index contributed by atoms with van der Waals surface area (Å²) in [6.45, 7) is 1.85. The third-order valence-electron chi connectivity index (χ3n) is 1.86. The highest BCUT2D eigenvalue weighted by Gasteiger charge is 2.09. The van der Waals surface area contributed by atoms with Gasteiger partial charge in [0.05, 0.1) is 7.11 Å². The largest absolute Gasteiger partial charge is 0.496 e. The third-order valence-corrected chi connectivity index (χ3v) is 2.26. The summed E-state index contributed by atoms with van der Waals surface area (Å²) >= 11 is 3.28. The summed E-state index contributed by atoms with van der Waals surface area (Å²) in [4.78, 5) is 0. The lowest BCUT2D eigenvalue weighted by Crippen LogP contribution is -1.98. The van der Waals surface area contributed by atoms with Crippen LogP contribution in [-0.2, 0) is 6.42 Å². The first kappa shape index (κ1) is 10.5. The lowest BCUT2D eigenvalue weighted by molar-refractivity contribution is 0.405. The fourth-order valence-electron chi connectivity index (χ4n) is 1.26. The normalized spacial score (nSPS) is 10.2. The topological polar surface area (TPSA) is 9.23 Å². The molecule has 0 unspecified atom stereocenters. The summed E-state index contributed by atoms with van der Waals surface area (Å²) in [7, 11) is 1.56. The molecule has 0 radical (unpaired) electrons. The fourth-order valence-corrected chi connectivity index (χ4v) is 1.66. The van der Waals surface area contributed by atoms with Crippen molar-refractivity contribution in [1.82, 2.24) is 0 Å². The first-order valence-electron chi connectivity index (χ1n) is 4.08. The molecular formula is C10H12BrFO. The van der Waals surface area contributed by atoms with Crippen LogP contribution in [0.5, 0.6) is 5.75 Å². The molecule has 0 N–H and O–H groups in total. The van der Waals surface area contributed by atoms with E-state index in [0.717, 1.165) is 10.9 Å². The number of alkyl halides is 1. The zero-order valence-corrected chi connectivity index (χ0v) is 9.32. The number of halogens is 2. The van der Waals surface area contributed by atoms with Crippen LogP contribution >= 0.6 is 15.9 Å². The van der Waals surface area contributed by atoms with E-state index in [2.05, 4.69) is 15.9 Å². The second-order valence-electron chi connectivity index (χ2n) is 2.87. The molecule has 1 nitrogen and oxygen atoms in total. The Kier molecular flexibility index (Phi) is 3.72. The van der Waals surface area contributed by atoms with E-state index in [1.807, 2.05) is 13.0 Å². The number of aryl methyl sites for hydroxylation is 1. The molecule has 0 spiro atoms. The standard InChI is InChI=1S/C10H12BrFO/c1-7-5-9(12)8(3-4-11)10(6-7)13-2/h5-6H,3-4H2,1-2H3. The van der Waals surface area contributed by atoms with Crippen LogP contribution in [0.15, 0.2) is 12.1 Å². The van der Waals surface area contributed by atoms with Crippen LogP contribution in [0.1, 0.15) is 11.1 Å². The fraction of sp³-hybridized carbons (Fsp3) is 0.400. The van der Waals surface area contributed by atoms with Crippen molar-refractivity contribution in [2.45, 2.75) is 13.3 Å². The van der Waals surface area contributed by atoms with Crippen molar-refractivity contribution in [3.05, 3.63) is 29.1 Å². The van der Waals surface area contributed by atoms with Crippen LogP contribution in [0, 0.1) is 12.7 Å². The number of hydrogen-bond donors (Lipinski definition) is 0. The molecule has 1 rings (SSSR count). The Morgan fingerprint density at radius 1 is 1.46 bits per heavy atom. The molecule has 1 aromatic carbocycles. The second kappa shape index (κ2) is 4.61. The Bertz CT molecular complexity index is 299. The van der Waals surface area contributed by atoms with Crippen LogP contribution in [0.4, 0.5) is 4.39 Å². The van der Waals surface area contributed by atoms with Crippen molar-refractivity contribution in [2.75, 3.05) is 12.4 Å². The maximum absolute atomic E-state index is 13.4. The molecule has 0 aliphatic heterocycles. The number of benzene rings is 1. The number of ether oxygens (including phenoxy) is 1. The Labute approximate surface area is 86.0 Å². The Balaban J connectivity index is 3.13. The van der Waals surface area contributed by atoms with Gasteiger partial charge in [0.15, 0.2) is 0 Å². The number of rotatable bonds is 3. The van der Waals surface area contributed by atoms with E-state index in [4.69, 9.17) is 4.74 Å². The van der Waals surface area contributed by atoms with Gasteiger partial charge in [-0.15, -0.1) is 0 Å². The molecule has 0 atom stereocenters. The highest BCUT2D eigenvalue weighted by atomic mass is 79.9. The van der Waals surface area contributed by atoms with Crippen molar-refractivity contribution in [1.29, 1.82) is 0 Å². The number of methoxy groups -OCH3 is 1. The summed E-state index contributed by atoms with van der Waals surface area (Å²) in [5.41, 5.74) is 1.53. The van der Waals surface area contributed by atoms with Gasteiger partial charge in [-0.05, 0) is 31.0 Å². The van der Waals surface area contributed by atoms with Gasteiger partial charge in [-0.3, -0.25) is 0 Å². The van der Waals surface area contributed by atoms with Crippen LogP contribution in [0.3, 0.4) is 0 Å². The molecule has 0 aliphatic carbocycles. The van der Waals surface area contributed by atoms with Gasteiger partial charge >= 0.3 is 0 Å². The maximum atomic E-state index is 13.4. The minimum atomic E-state index is -0.184. The molecule has 0 aliphatic rings. The quantitative estimate of drug-likeness (QED) is 0.746. The van der Waals surface area contributed by atoms with Crippen molar-refractivity contribution in [3.8, 4) is 5.75 Å². The third kappa shape index (κ3) is 2.44. The van der Waals surface area contributed by atoms with Gasteiger partial charge in [0.25, 0.3) is 0 Å². The van der Waals surface area contributed by atoms with E-state index in [-0.39, 0.29) is 5.82 Å². The summed E-state index contributed by atoms with van der Waals surface area (Å²) in [5.74, 6) is 0.452. The first-order chi connectivity index (χ1) is 6.19. The van der Waals surface area contributed by atoms with Crippen LogP contribution < -0.4 is 4.74 Å². The predicted molar refractivity (Wildman–Crippen MR) is 55.2 cm³/mol. The average Bonchev–Trinajstić information content (AvgIpc) is 2.09. The lowest BCUT2D eigenvalue weighted by Gasteiger charge is -2.09. The van der Waals surface area contributed by atoms with E-state index in [0.29, 0.717) is 17.7 Å². The summed E-state index contributed by atoms with van der Waals surface area (Å²) in [6, 6.07) is 3.38. The molecule has 0 bridgehead atoms. The van der Waals surface area contributed by atoms with E-state index in [1.165, 1.54) is 6.07 Å². The molecule has 0 saturated carbocycles. The Morgan fingerprint density at radius 2 is 2.15 bits per heavy atom. The average molecular weight is 247 g/mol. The Hall–Kier alpha value is -0.570. The first-order valence-corrected chi connectivity index (χ1v) is 5.20. The monoisotopic (exact) mass is 246 g/mol. The van der Waals surface area contributed by atoms with Crippen molar-refractivity contribution in [2.24, 2.45) is 0 Å². The predicted octanol–water partition coefficient (Wildman–Crippen LogP) is 3.08. The van der Waals surface area contributed by atoms with Gasteiger partial charge in [0.2, 0.25) is 0 Å². The molecule has 0 aromatic heterocycles. The second-order valence-corrected chi connectivity index (χ2v) is 3.66. The molecular weight excluding hydrogens is 235 g/mol. The van der Waals surface area contributed by atoms with E-state index >= 15 is 0 Å². The lowest BCUT2D eigenvalue weighted by atomic mass is 10.1. The molecule has 1 aromatic rings. The molecule has 0 saturated heterocycles. The molecule has 72 valence electrons. The van der Waals surface area contributed by atoms with Crippen LogP contribution in [0.25, 0.3) is 0 Å². The van der Waals surface area contributed by atoms with Gasteiger partial charge in [0, 0.05) is 10.9 Å².